The number of aliphatic hydroxyl groups excluding tert-OH is 1. The maximum absolute atomic E-state index is 14.2. The van der Waals surface area contributed by atoms with Gasteiger partial charge in [0, 0.05) is 24.2 Å². The van der Waals surface area contributed by atoms with Crippen molar-refractivity contribution in [3.8, 4) is 0 Å². The van der Waals surface area contributed by atoms with Crippen LogP contribution in [0.25, 0.3) is 0 Å². The van der Waals surface area contributed by atoms with Crippen molar-refractivity contribution in [3.05, 3.63) is 58.1 Å². The molecule has 0 saturated carbocycles. The second kappa shape index (κ2) is 20.2. The lowest BCUT2D eigenvalue weighted by atomic mass is 9.78. The molecule has 324 valence electrons. The molecule has 4 N–H and O–H groups in total. The van der Waals surface area contributed by atoms with Crippen LogP contribution in [-0.2, 0) is 39.8 Å². The molecule has 58 heavy (non-hydrogen) atoms. The maximum Gasteiger partial charge on any atom is 0.317 e. The van der Waals surface area contributed by atoms with Crippen molar-refractivity contribution >= 4 is 74.9 Å². The molecule has 2 saturated heterocycles. The number of nitrogens with zero attached hydrogens (tertiary/aromatic N) is 2. The Morgan fingerprint density at radius 1 is 1.03 bits per heavy atom. The van der Waals surface area contributed by atoms with Gasteiger partial charge in [0.15, 0.2) is 22.3 Å². The number of esters is 2. The van der Waals surface area contributed by atoms with Crippen molar-refractivity contribution in [2.45, 2.75) is 126 Å². The molecule has 4 rings (SSSR count). The fraction of sp³-hybridized carbons (Fsp3) is 0.643. The molecule has 0 bridgehead atoms. The molecule has 0 radical (unpaired) electrons. The molecule has 0 unspecified atom stereocenters. The number of benzene rings is 2. The number of hydrogen-bond donors (Lipinski definition) is 4. The molecule has 13 nitrogen and oxygen atoms in total. The van der Waals surface area contributed by atoms with Crippen molar-refractivity contribution in [1.29, 1.82) is 0 Å². The highest BCUT2D eigenvalue weighted by molar-refractivity contribution is 14.1. The fourth-order valence-electron chi connectivity index (χ4n) is 8.00. The zero-order valence-electron chi connectivity index (χ0n) is 34.9. The van der Waals surface area contributed by atoms with Gasteiger partial charge in [-0.15, -0.1) is 0 Å². The lowest BCUT2D eigenvalue weighted by molar-refractivity contribution is -0.296. The van der Waals surface area contributed by atoms with Crippen LogP contribution in [0.2, 0.25) is 10.0 Å². The van der Waals surface area contributed by atoms with Gasteiger partial charge in [-0.2, -0.15) is 0 Å². The third-order valence-electron chi connectivity index (χ3n) is 11.5. The summed E-state index contributed by atoms with van der Waals surface area (Å²) < 4.78 is 23.7. The Bertz CT molecular complexity index is 1730. The van der Waals surface area contributed by atoms with Crippen molar-refractivity contribution in [1.82, 2.24) is 9.80 Å². The summed E-state index contributed by atoms with van der Waals surface area (Å²) in [7, 11) is 5.52. The first-order valence-corrected chi connectivity index (χ1v) is 21.6. The minimum atomic E-state index is -1.86. The van der Waals surface area contributed by atoms with Crippen molar-refractivity contribution in [3.63, 3.8) is 0 Å². The van der Waals surface area contributed by atoms with Crippen LogP contribution in [0.15, 0.2) is 42.5 Å². The highest BCUT2D eigenvalue weighted by Gasteiger charge is 2.50. The van der Waals surface area contributed by atoms with Crippen LogP contribution in [0, 0.1) is 17.8 Å². The van der Waals surface area contributed by atoms with Crippen LogP contribution >= 0.6 is 45.8 Å². The number of alkyl halides is 1. The topological polar surface area (TPSA) is 167 Å². The highest BCUT2D eigenvalue weighted by atomic mass is 127. The lowest BCUT2D eigenvalue weighted by Gasteiger charge is -2.46. The Hall–Kier alpha value is -2.12. The fourth-order valence-corrected chi connectivity index (χ4v) is 9.11. The maximum atomic E-state index is 14.2. The SMILES string of the molecule is C[C@H]1CN(C)[C@H](C)[C@@H](O)[C@](C)(O)[C@@H](I)OC(=O)[C@H](C)C(=O)[C@H](C)[C@@H](O[C@@H]2O[C@H](C)C[C@H](N(C)C)[C@H]2OC(=O)Cc2ccccc2Nc2c(Cl)cccc2Cl)[C@](C)(O)C1. The molecule has 2 aliphatic rings. The quantitative estimate of drug-likeness (QED) is 0.105. The number of cyclic esters (lactones) is 1. The van der Waals surface area contributed by atoms with Gasteiger partial charge in [0.1, 0.15) is 17.6 Å². The summed E-state index contributed by atoms with van der Waals surface area (Å²) in [5.74, 6) is -4.68. The Kier molecular flexibility index (Phi) is 16.9. The van der Waals surface area contributed by atoms with Crippen molar-refractivity contribution < 1.29 is 48.7 Å². The number of nitrogens with one attached hydrogen (secondary N) is 1. The summed E-state index contributed by atoms with van der Waals surface area (Å²) in [5.41, 5.74) is -1.82. The summed E-state index contributed by atoms with van der Waals surface area (Å²) >= 11 is 14.6. The zero-order valence-corrected chi connectivity index (χ0v) is 38.6. The van der Waals surface area contributed by atoms with E-state index in [1.54, 1.807) is 86.8 Å². The number of para-hydroxylation sites is 2. The van der Waals surface area contributed by atoms with Gasteiger partial charge in [0.05, 0.1) is 46.0 Å². The van der Waals surface area contributed by atoms with Crippen LogP contribution in [-0.4, -0.2) is 129 Å². The molecule has 0 aliphatic carbocycles. The minimum absolute atomic E-state index is 0.135. The number of Topliss-reactive ketones (excluding diaryl/α,β-unsaturated/α-hetero) is 1. The number of aliphatic hydroxyl groups is 3. The second-order valence-electron chi connectivity index (χ2n) is 16.8. The molecule has 13 atom stereocenters. The Balaban J connectivity index is 1.68. The number of halogens is 3. The Labute approximate surface area is 366 Å². The summed E-state index contributed by atoms with van der Waals surface area (Å²) in [6.07, 6.45) is -4.68. The average Bonchev–Trinajstić information content (AvgIpc) is 3.14. The molecule has 0 spiro atoms. The van der Waals surface area contributed by atoms with Crippen molar-refractivity contribution in [2.75, 3.05) is 33.0 Å². The normalized spacial score (nSPS) is 36.1. The largest absolute Gasteiger partial charge is 0.455 e. The minimum Gasteiger partial charge on any atom is -0.455 e. The number of likely N-dealkylation sites (N-methyl/N-ethyl adjacent to an activating group) is 2. The lowest BCUT2D eigenvalue weighted by Crippen LogP contribution is -2.60. The number of ketones is 1. The number of rotatable bonds is 8. The van der Waals surface area contributed by atoms with E-state index >= 15 is 0 Å². The van der Waals surface area contributed by atoms with Gasteiger partial charge in [-0.05, 0) is 121 Å². The predicted octanol–water partition coefficient (Wildman–Crippen LogP) is 6.01. The van der Waals surface area contributed by atoms with E-state index in [-0.39, 0.29) is 30.9 Å². The summed E-state index contributed by atoms with van der Waals surface area (Å²) in [6.45, 7) is 11.9. The predicted molar refractivity (Wildman–Crippen MR) is 231 cm³/mol. The van der Waals surface area contributed by atoms with Gasteiger partial charge in [0.25, 0.3) is 0 Å². The van der Waals surface area contributed by atoms with E-state index in [4.69, 9.17) is 42.1 Å². The smallest absolute Gasteiger partial charge is 0.317 e. The van der Waals surface area contributed by atoms with Gasteiger partial charge in [0.2, 0.25) is 0 Å². The standard InChI is InChI=1S/C42H60Cl2IN3O10/c1-22-20-41(6,53)37(24(3)34(50)25(4)38(52)58-40(45)42(7,54)36(51)26(5)48(10)21-22)57-39-35(31(47(8)9)18-23(2)55-39)56-32(49)19-27-14-11-12-17-30(27)46-33-28(43)15-13-16-29(33)44/h11-17,22-26,31,35-37,39-40,46,51,53-54H,18-21H2,1-10H3/t22-,23-,24+,25-,26-,31+,35-,36-,37-,39+,40+,41-,42+/m1/s1. The number of anilines is 2. The first kappa shape index (κ1) is 48.5. The molecule has 2 aromatic rings. The molecular formula is C42H60Cl2IN3O10. The van der Waals surface area contributed by atoms with Gasteiger partial charge in [-0.25, -0.2) is 0 Å². The van der Waals surface area contributed by atoms with E-state index in [2.05, 4.69) is 5.32 Å². The van der Waals surface area contributed by atoms with E-state index in [1.165, 1.54) is 13.8 Å². The first-order valence-electron chi connectivity index (χ1n) is 19.6. The second-order valence-corrected chi connectivity index (χ2v) is 18.8. The van der Waals surface area contributed by atoms with Crippen LogP contribution in [0.5, 0.6) is 0 Å². The molecule has 0 aromatic heterocycles. The van der Waals surface area contributed by atoms with Gasteiger partial charge in [-0.1, -0.05) is 61.3 Å². The van der Waals surface area contributed by atoms with Crippen LogP contribution in [0.1, 0.15) is 66.9 Å². The molecule has 16 heteroatoms. The zero-order chi connectivity index (χ0) is 43.4. The summed E-state index contributed by atoms with van der Waals surface area (Å²) in [5, 5.41) is 39.0. The molecule has 2 heterocycles. The van der Waals surface area contributed by atoms with E-state index in [9.17, 15) is 29.7 Å². The van der Waals surface area contributed by atoms with E-state index in [1.807, 2.05) is 43.8 Å². The number of carbonyl (C=O) groups excluding carboxylic acids is 3. The van der Waals surface area contributed by atoms with Crippen molar-refractivity contribution in [2.24, 2.45) is 17.8 Å². The summed E-state index contributed by atoms with van der Waals surface area (Å²) in [6, 6.07) is 11.4. The van der Waals surface area contributed by atoms with Crippen LogP contribution in [0.4, 0.5) is 11.4 Å². The third-order valence-corrected chi connectivity index (χ3v) is 13.6. The third kappa shape index (κ3) is 11.6. The van der Waals surface area contributed by atoms with Crippen LogP contribution in [0.3, 0.4) is 0 Å². The highest BCUT2D eigenvalue weighted by Crippen LogP contribution is 2.38. The summed E-state index contributed by atoms with van der Waals surface area (Å²) in [4.78, 5) is 45.4. The molecule has 2 aromatic carbocycles. The molecule has 2 aliphatic heterocycles. The van der Waals surface area contributed by atoms with Crippen LogP contribution < -0.4 is 5.32 Å². The van der Waals surface area contributed by atoms with E-state index in [0.717, 1.165) is 0 Å². The number of hydrogen-bond acceptors (Lipinski definition) is 13. The number of carbonyl (C=O) groups is 3. The van der Waals surface area contributed by atoms with E-state index in [0.29, 0.717) is 39.9 Å². The molecule has 2 fully saturated rings. The van der Waals surface area contributed by atoms with Gasteiger partial charge < -0.3 is 49.4 Å². The molecule has 0 amide bonds. The Morgan fingerprint density at radius 3 is 2.28 bits per heavy atom. The Morgan fingerprint density at radius 2 is 1.66 bits per heavy atom. The van der Waals surface area contributed by atoms with E-state index < -0.39 is 75.5 Å². The monoisotopic (exact) mass is 963 g/mol. The van der Waals surface area contributed by atoms with Gasteiger partial charge in [-0.3, -0.25) is 14.4 Å². The van der Waals surface area contributed by atoms with Gasteiger partial charge >= 0.3 is 11.9 Å². The first-order chi connectivity index (χ1) is 27.0. The molecular weight excluding hydrogens is 904 g/mol. The number of ether oxygens (including phenoxy) is 4. The average molecular weight is 965 g/mol.